The molecule has 2 amide bonds. The summed E-state index contributed by atoms with van der Waals surface area (Å²) in [7, 11) is 1.75. The first-order chi connectivity index (χ1) is 12.9. The van der Waals surface area contributed by atoms with Crippen molar-refractivity contribution in [2.75, 3.05) is 5.32 Å². The van der Waals surface area contributed by atoms with Crippen LogP contribution in [0.25, 0.3) is 0 Å². The highest BCUT2D eigenvalue weighted by molar-refractivity contribution is 9.10. The normalized spacial score (nSPS) is 10.8. The molecule has 142 valence electrons. The number of carbonyl (C=O) groups is 2. The second kappa shape index (κ2) is 7.78. The molecule has 0 aliphatic heterocycles. The van der Waals surface area contributed by atoms with Crippen molar-refractivity contribution in [1.82, 2.24) is 24.9 Å². The Hall–Kier alpha value is -2.88. The highest BCUT2D eigenvalue weighted by atomic mass is 79.9. The molecule has 0 saturated carbocycles. The SMILES string of the molecule is CCn1cc(NC(=O)c2nn(C)c(C)c2Br)c(C(=O)NCc2ccco2)n1. The summed E-state index contributed by atoms with van der Waals surface area (Å²) in [5.41, 5.74) is 1.50. The van der Waals surface area contributed by atoms with Crippen LogP contribution in [0.15, 0.2) is 33.5 Å². The number of aromatic nitrogens is 4. The van der Waals surface area contributed by atoms with E-state index in [1.165, 1.54) is 6.26 Å². The zero-order valence-corrected chi connectivity index (χ0v) is 16.7. The molecule has 3 aromatic heterocycles. The second-order valence-electron chi connectivity index (χ2n) is 5.83. The van der Waals surface area contributed by atoms with Gasteiger partial charge >= 0.3 is 0 Å². The minimum atomic E-state index is -0.429. The molecule has 10 heteroatoms. The Morgan fingerprint density at radius 1 is 1.26 bits per heavy atom. The van der Waals surface area contributed by atoms with Gasteiger partial charge in [-0.2, -0.15) is 10.2 Å². The minimum absolute atomic E-state index is 0.125. The van der Waals surface area contributed by atoms with Gasteiger partial charge in [-0.3, -0.25) is 19.0 Å². The Kier molecular flexibility index (Phi) is 5.45. The van der Waals surface area contributed by atoms with Gasteiger partial charge in [0, 0.05) is 19.8 Å². The summed E-state index contributed by atoms with van der Waals surface area (Å²) < 4.78 is 8.99. The molecule has 3 rings (SSSR count). The maximum Gasteiger partial charge on any atom is 0.277 e. The minimum Gasteiger partial charge on any atom is -0.467 e. The summed E-state index contributed by atoms with van der Waals surface area (Å²) in [6, 6.07) is 3.50. The van der Waals surface area contributed by atoms with Gasteiger partial charge in [0.25, 0.3) is 11.8 Å². The fraction of sp³-hybridized carbons (Fsp3) is 0.294. The van der Waals surface area contributed by atoms with Gasteiger partial charge in [-0.25, -0.2) is 0 Å². The average molecular weight is 435 g/mol. The Labute approximate surface area is 163 Å². The monoisotopic (exact) mass is 434 g/mol. The molecule has 2 N–H and O–H groups in total. The van der Waals surface area contributed by atoms with E-state index in [1.54, 1.807) is 34.7 Å². The van der Waals surface area contributed by atoms with E-state index < -0.39 is 11.8 Å². The van der Waals surface area contributed by atoms with Gasteiger partial charge in [0.15, 0.2) is 11.4 Å². The maximum absolute atomic E-state index is 12.6. The Bertz CT molecular complexity index is 973. The van der Waals surface area contributed by atoms with Crippen molar-refractivity contribution in [3.8, 4) is 0 Å². The number of furan rings is 1. The summed E-state index contributed by atoms with van der Waals surface area (Å²) >= 11 is 3.37. The summed E-state index contributed by atoms with van der Waals surface area (Å²) in [5, 5.41) is 13.9. The highest BCUT2D eigenvalue weighted by Crippen LogP contribution is 2.22. The Morgan fingerprint density at radius 3 is 2.63 bits per heavy atom. The maximum atomic E-state index is 12.6. The molecule has 0 saturated heterocycles. The van der Waals surface area contributed by atoms with Crippen LogP contribution in [0.4, 0.5) is 5.69 Å². The lowest BCUT2D eigenvalue weighted by Gasteiger charge is -2.05. The van der Waals surface area contributed by atoms with E-state index in [2.05, 4.69) is 36.8 Å². The average Bonchev–Trinajstić information content (AvgIpc) is 3.36. The zero-order chi connectivity index (χ0) is 19.6. The van der Waals surface area contributed by atoms with Crippen LogP contribution in [-0.2, 0) is 20.1 Å². The van der Waals surface area contributed by atoms with E-state index in [0.29, 0.717) is 22.5 Å². The van der Waals surface area contributed by atoms with Crippen molar-refractivity contribution < 1.29 is 14.0 Å². The largest absolute Gasteiger partial charge is 0.467 e. The van der Waals surface area contributed by atoms with E-state index in [0.717, 1.165) is 5.69 Å². The van der Waals surface area contributed by atoms with E-state index >= 15 is 0 Å². The van der Waals surface area contributed by atoms with Crippen LogP contribution in [0.5, 0.6) is 0 Å². The summed E-state index contributed by atoms with van der Waals surface area (Å²) in [6.07, 6.45) is 3.15. The lowest BCUT2D eigenvalue weighted by Crippen LogP contribution is -2.25. The topological polar surface area (TPSA) is 107 Å². The second-order valence-corrected chi connectivity index (χ2v) is 6.63. The molecule has 0 aliphatic carbocycles. The number of hydrogen-bond donors (Lipinski definition) is 2. The molecule has 0 bridgehead atoms. The number of nitrogens with zero attached hydrogens (tertiary/aromatic N) is 4. The van der Waals surface area contributed by atoms with Gasteiger partial charge in [0.2, 0.25) is 0 Å². The van der Waals surface area contributed by atoms with Crippen molar-refractivity contribution >= 4 is 33.4 Å². The fourth-order valence-electron chi connectivity index (χ4n) is 2.42. The van der Waals surface area contributed by atoms with Crippen molar-refractivity contribution in [2.45, 2.75) is 26.9 Å². The van der Waals surface area contributed by atoms with Gasteiger partial charge in [0.1, 0.15) is 5.76 Å². The van der Waals surface area contributed by atoms with Crippen LogP contribution in [0, 0.1) is 6.92 Å². The predicted molar refractivity (Wildman–Crippen MR) is 101 cm³/mol. The van der Waals surface area contributed by atoms with Crippen LogP contribution in [0.1, 0.15) is 39.4 Å². The van der Waals surface area contributed by atoms with Crippen LogP contribution in [0.3, 0.4) is 0 Å². The third kappa shape index (κ3) is 3.95. The predicted octanol–water partition coefficient (Wildman–Crippen LogP) is 2.48. The molecule has 0 aliphatic rings. The molecule has 3 aromatic rings. The molecular weight excluding hydrogens is 416 g/mol. The van der Waals surface area contributed by atoms with Crippen molar-refractivity contribution in [2.24, 2.45) is 7.05 Å². The van der Waals surface area contributed by atoms with Crippen molar-refractivity contribution in [3.05, 3.63) is 51.9 Å². The Morgan fingerprint density at radius 2 is 2.04 bits per heavy atom. The van der Waals surface area contributed by atoms with Crippen molar-refractivity contribution in [1.29, 1.82) is 0 Å². The first kappa shape index (κ1) is 18.9. The van der Waals surface area contributed by atoms with Gasteiger partial charge < -0.3 is 15.1 Å². The molecule has 0 aromatic carbocycles. The summed E-state index contributed by atoms with van der Waals surface area (Å²) in [6.45, 7) is 4.52. The number of anilines is 1. The number of hydrogen-bond acceptors (Lipinski definition) is 5. The Balaban J connectivity index is 1.80. The number of aryl methyl sites for hydroxylation is 2. The molecule has 0 radical (unpaired) electrons. The van der Waals surface area contributed by atoms with Crippen LogP contribution >= 0.6 is 15.9 Å². The van der Waals surface area contributed by atoms with Crippen LogP contribution in [-0.4, -0.2) is 31.4 Å². The standard InChI is InChI=1S/C17H19BrN6O3/c1-4-24-9-12(20-17(26)15-13(18)10(2)23(3)21-15)14(22-24)16(25)19-8-11-6-5-7-27-11/h5-7,9H,4,8H2,1-3H3,(H,19,25)(H,20,26). The third-order valence-corrected chi connectivity index (χ3v) is 4.98. The number of halogens is 1. The van der Waals surface area contributed by atoms with Crippen molar-refractivity contribution in [3.63, 3.8) is 0 Å². The van der Waals surface area contributed by atoms with E-state index in [4.69, 9.17) is 4.42 Å². The molecular formula is C17H19BrN6O3. The van der Waals surface area contributed by atoms with Gasteiger partial charge in [-0.15, -0.1) is 0 Å². The van der Waals surface area contributed by atoms with E-state index in [-0.39, 0.29) is 17.9 Å². The lowest BCUT2D eigenvalue weighted by atomic mass is 10.3. The molecule has 0 atom stereocenters. The molecule has 9 nitrogen and oxygen atoms in total. The molecule has 0 spiro atoms. The zero-order valence-electron chi connectivity index (χ0n) is 15.1. The number of amides is 2. The first-order valence-corrected chi connectivity index (χ1v) is 9.08. The molecule has 27 heavy (non-hydrogen) atoms. The summed E-state index contributed by atoms with van der Waals surface area (Å²) in [4.78, 5) is 25.1. The highest BCUT2D eigenvalue weighted by Gasteiger charge is 2.22. The lowest BCUT2D eigenvalue weighted by molar-refractivity contribution is 0.0943. The third-order valence-electron chi connectivity index (χ3n) is 4.03. The van der Waals surface area contributed by atoms with Crippen LogP contribution < -0.4 is 10.6 Å². The van der Waals surface area contributed by atoms with E-state index in [1.807, 2.05) is 13.8 Å². The smallest absolute Gasteiger partial charge is 0.277 e. The molecule has 3 heterocycles. The van der Waals surface area contributed by atoms with Gasteiger partial charge in [-0.1, -0.05) is 0 Å². The summed E-state index contributed by atoms with van der Waals surface area (Å²) in [5.74, 6) is -0.219. The first-order valence-electron chi connectivity index (χ1n) is 8.29. The number of rotatable bonds is 6. The van der Waals surface area contributed by atoms with Crippen LogP contribution in [0.2, 0.25) is 0 Å². The van der Waals surface area contributed by atoms with E-state index in [9.17, 15) is 9.59 Å². The number of nitrogens with one attached hydrogen (secondary N) is 2. The van der Waals surface area contributed by atoms with Gasteiger partial charge in [-0.05, 0) is 41.9 Å². The van der Waals surface area contributed by atoms with Gasteiger partial charge in [0.05, 0.1) is 28.7 Å². The quantitative estimate of drug-likeness (QED) is 0.619. The fourth-order valence-corrected chi connectivity index (χ4v) is 2.93. The molecule has 0 unspecified atom stereocenters. The number of carbonyl (C=O) groups excluding carboxylic acids is 2. The molecule has 0 fully saturated rings.